The van der Waals surface area contributed by atoms with Gasteiger partial charge in [0.25, 0.3) is 0 Å². The molecule has 2 aliphatic rings. The fourth-order valence-corrected chi connectivity index (χ4v) is 3.15. The van der Waals surface area contributed by atoms with Crippen LogP contribution in [0.15, 0.2) is 11.8 Å². The molecule has 1 fully saturated rings. The molecule has 2 rings (SSSR count). The monoisotopic (exact) mass is 240 g/mol. The van der Waals surface area contributed by atoms with E-state index in [4.69, 9.17) is 14.2 Å². The molecule has 4 unspecified atom stereocenters. The van der Waals surface area contributed by atoms with E-state index in [0.717, 1.165) is 0 Å². The maximum atomic E-state index is 5.88. The van der Waals surface area contributed by atoms with Gasteiger partial charge >= 0.3 is 0 Å². The summed E-state index contributed by atoms with van der Waals surface area (Å²) in [4.78, 5) is 0. The zero-order valence-corrected chi connectivity index (χ0v) is 11.3. The highest BCUT2D eigenvalue weighted by Gasteiger charge is 2.44. The first-order chi connectivity index (χ1) is 8.13. The molecular weight excluding hydrogens is 216 g/mol. The van der Waals surface area contributed by atoms with Gasteiger partial charge in [-0.3, -0.25) is 0 Å². The molecule has 0 amide bonds. The molecule has 0 aromatic carbocycles. The number of hydrogen-bond donors (Lipinski definition) is 0. The van der Waals surface area contributed by atoms with Crippen LogP contribution in [-0.2, 0) is 14.2 Å². The van der Waals surface area contributed by atoms with E-state index in [1.54, 1.807) is 0 Å². The van der Waals surface area contributed by atoms with Gasteiger partial charge in [0.1, 0.15) is 0 Å². The number of allylic oxidation sites excluding steroid dienone is 1. The van der Waals surface area contributed by atoms with Crippen molar-refractivity contribution in [1.29, 1.82) is 0 Å². The Balaban J connectivity index is 2.02. The highest BCUT2D eigenvalue weighted by atomic mass is 16.8. The zero-order chi connectivity index (χ0) is 12.4. The van der Waals surface area contributed by atoms with Gasteiger partial charge < -0.3 is 14.2 Å². The van der Waals surface area contributed by atoms with Crippen molar-refractivity contribution in [1.82, 2.24) is 0 Å². The molecule has 3 nitrogen and oxygen atoms in total. The van der Waals surface area contributed by atoms with Crippen LogP contribution in [-0.4, -0.2) is 19.2 Å². The van der Waals surface area contributed by atoms with Crippen molar-refractivity contribution >= 4 is 0 Å². The molecule has 5 atom stereocenters. The molecule has 0 aromatic heterocycles. The van der Waals surface area contributed by atoms with Gasteiger partial charge in [0.05, 0.1) is 6.26 Å². The molecule has 3 heteroatoms. The summed E-state index contributed by atoms with van der Waals surface area (Å²) in [6.45, 7) is 9.05. The van der Waals surface area contributed by atoms with Gasteiger partial charge in [-0.1, -0.05) is 6.92 Å². The second kappa shape index (κ2) is 5.40. The number of hydrogen-bond acceptors (Lipinski definition) is 3. The molecule has 98 valence electrons. The molecule has 17 heavy (non-hydrogen) atoms. The highest BCUT2D eigenvalue weighted by molar-refractivity contribution is 5.09. The maximum absolute atomic E-state index is 5.88. The minimum Gasteiger partial charge on any atom is -0.472 e. The molecule has 1 saturated carbocycles. The lowest BCUT2D eigenvalue weighted by Gasteiger charge is -2.36. The third kappa shape index (κ3) is 2.66. The standard InChI is InChI=1S/C14H24O3/c1-5-15-11(4)17-14-13-9(2)6-7-12(13)10(3)8-16-14/h8-9,11-14H,5-7H2,1-4H3/t9?,11?,12?,13?,14-/m1/s1. The Labute approximate surface area is 104 Å². The van der Waals surface area contributed by atoms with Crippen LogP contribution >= 0.6 is 0 Å². The first kappa shape index (κ1) is 12.9. The van der Waals surface area contributed by atoms with Crippen molar-refractivity contribution in [3.8, 4) is 0 Å². The third-order valence-electron chi connectivity index (χ3n) is 4.07. The lowest BCUT2D eigenvalue weighted by atomic mass is 9.84. The van der Waals surface area contributed by atoms with E-state index < -0.39 is 0 Å². The smallest absolute Gasteiger partial charge is 0.205 e. The molecule has 1 aliphatic carbocycles. The van der Waals surface area contributed by atoms with Gasteiger partial charge in [0, 0.05) is 12.5 Å². The summed E-state index contributed by atoms with van der Waals surface area (Å²) in [7, 11) is 0. The van der Waals surface area contributed by atoms with Gasteiger partial charge in [-0.15, -0.1) is 0 Å². The topological polar surface area (TPSA) is 27.7 Å². The van der Waals surface area contributed by atoms with E-state index in [2.05, 4.69) is 13.8 Å². The van der Waals surface area contributed by atoms with Crippen molar-refractivity contribution in [2.24, 2.45) is 17.8 Å². The lowest BCUT2D eigenvalue weighted by Crippen LogP contribution is -2.38. The minimum atomic E-state index is -0.190. The highest BCUT2D eigenvalue weighted by Crippen LogP contribution is 2.46. The molecule has 0 spiro atoms. The fourth-order valence-electron chi connectivity index (χ4n) is 3.15. The number of rotatable bonds is 4. The molecule has 0 saturated heterocycles. The van der Waals surface area contributed by atoms with Gasteiger partial charge in [-0.25, -0.2) is 0 Å². The van der Waals surface area contributed by atoms with E-state index in [1.807, 2.05) is 20.1 Å². The molecule has 1 aliphatic heterocycles. The van der Waals surface area contributed by atoms with Gasteiger partial charge in [0.15, 0.2) is 6.29 Å². The van der Waals surface area contributed by atoms with Crippen LogP contribution in [0.1, 0.15) is 40.5 Å². The normalized spacial score (nSPS) is 38.2. The predicted octanol–water partition coefficient (Wildman–Crippen LogP) is 3.31. The summed E-state index contributed by atoms with van der Waals surface area (Å²) >= 11 is 0. The summed E-state index contributed by atoms with van der Waals surface area (Å²) in [6.07, 6.45) is 4.09. The summed E-state index contributed by atoms with van der Waals surface area (Å²) < 4.78 is 17.0. The van der Waals surface area contributed by atoms with E-state index in [1.165, 1.54) is 18.4 Å². The van der Waals surface area contributed by atoms with Crippen molar-refractivity contribution in [3.05, 3.63) is 11.8 Å². The predicted molar refractivity (Wildman–Crippen MR) is 66.2 cm³/mol. The molecule has 0 N–H and O–H groups in total. The molecule has 1 heterocycles. The van der Waals surface area contributed by atoms with Crippen LogP contribution in [0.25, 0.3) is 0 Å². The average Bonchev–Trinajstić information content (AvgIpc) is 2.66. The second-order valence-electron chi connectivity index (χ2n) is 5.26. The van der Waals surface area contributed by atoms with Crippen LogP contribution in [0.5, 0.6) is 0 Å². The Morgan fingerprint density at radius 2 is 2.24 bits per heavy atom. The largest absolute Gasteiger partial charge is 0.472 e. The van der Waals surface area contributed by atoms with E-state index >= 15 is 0 Å². The zero-order valence-electron chi connectivity index (χ0n) is 11.3. The second-order valence-corrected chi connectivity index (χ2v) is 5.26. The van der Waals surface area contributed by atoms with Crippen LogP contribution in [0, 0.1) is 17.8 Å². The third-order valence-corrected chi connectivity index (χ3v) is 4.07. The molecular formula is C14H24O3. The Hall–Kier alpha value is -0.540. The molecule has 0 aromatic rings. The Morgan fingerprint density at radius 1 is 1.47 bits per heavy atom. The van der Waals surface area contributed by atoms with Crippen LogP contribution in [0.2, 0.25) is 0 Å². The fraction of sp³-hybridized carbons (Fsp3) is 0.857. The number of fused-ring (bicyclic) bond motifs is 1. The maximum Gasteiger partial charge on any atom is 0.205 e. The van der Waals surface area contributed by atoms with E-state index in [9.17, 15) is 0 Å². The molecule has 0 radical (unpaired) electrons. The Morgan fingerprint density at radius 3 is 2.94 bits per heavy atom. The first-order valence-corrected chi connectivity index (χ1v) is 6.72. The lowest BCUT2D eigenvalue weighted by molar-refractivity contribution is -0.250. The van der Waals surface area contributed by atoms with Gasteiger partial charge in [0.2, 0.25) is 6.29 Å². The van der Waals surface area contributed by atoms with Crippen molar-refractivity contribution in [2.75, 3.05) is 6.61 Å². The van der Waals surface area contributed by atoms with E-state index in [-0.39, 0.29) is 12.6 Å². The van der Waals surface area contributed by atoms with E-state index in [0.29, 0.717) is 24.4 Å². The Kier molecular flexibility index (Phi) is 4.10. The quantitative estimate of drug-likeness (QED) is 0.706. The summed E-state index contributed by atoms with van der Waals surface area (Å²) in [5.74, 6) is 1.79. The minimum absolute atomic E-state index is 0.136. The summed E-state index contributed by atoms with van der Waals surface area (Å²) in [6, 6.07) is 0. The Bertz CT molecular complexity index is 287. The van der Waals surface area contributed by atoms with Crippen LogP contribution in [0.4, 0.5) is 0 Å². The van der Waals surface area contributed by atoms with Crippen LogP contribution < -0.4 is 0 Å². The van der Waals surface area contributed by atoms with Gasteiger partial charge in [-0.05, 0) is 51.0 Å². The van der Waals surface area contributed by atoms with Crippen LogP contribution in [0.3, 0.4) is 0 Å². The van der Waals surface area contributed by atoms with Crippen molar-refractivity contribution in [3.63, 3.8) is 0 Å². The van der Waals surface area contributed by atoms with Gasteiger partial charge in [-0.2, -0.15) is 0 Å². The van der Waals surface area contributed by atoms with Crippen molar-refractivity contribution < 1.29 is 14.2 Å². The molecule has 0 bridgehead atoms. The summed E-state index contributed by atoms with van der Waals surface area (Å²) in [5.41, 5.74) is 1.36. The first-order valence-electron chi connectivity index (χ1n) is 6.72. The average molecular weight is 240 g/mol. The number of ether oxygens (including phenoxy) is 3. The SMILES string of the molecule is CCOC(C)O[C@H]1OC=C(C)C2CCC(C)C21. The van der Waals surface area contributed by atoms with Crippen molar-refractivity contribution in [2.45, 2.75) is 53.1 Å². The summed E-state index contributed by atoms with van der Waals surface area (Å²) in [5, 5.41) is 0.